The van der Waals surface area contributed by atoms with Gasteiger partial charge in [-0.25, -0.2) is 9.59 Å². The Kier molecular flexibility index (Phi) is 5.69. The molecule has 0 aliphatic heterocycles. The van der Waals surface area contributed by atoms with E-state index >= 15 is 0 Å². The summed E-state index contributed by atoms with van der Waals surface area (Å²) in [6.07, 6.45) is 0. The highest BCUT2D eigenvalue weighted by Crippen LogP contribution is 2.34. The number of rotatable bonds is 5. The Bertz CT molecular complexity index is 1370. The van der Waals surface area contributed by atoms with Gasteiger partial charge in [0.25, 0.3) is 0 Å². The highest BCUT2D eigenvalue weighted by atomic mass is 16.5. The minimum absolute atomic E-state index is 0.296. The van der Waals surface area contributed by atoms with Crippen LogP contribution in [0.15, 0.2) is 69.9 Å². The van der Waals surface area contributed by atoms with Crippen molar-refractivity contribution in [3.63, 3.8) is 0 Å². The van der Waals surface area contributed by atoms with Crippen molar-refractivity contribution < 1.29 is 23.4 Å². The van der Waals surface area contributed by atoms with Gasteiger partial charge in [-0.2, -0.15) is 0 Å². The second kappa shape index (κ2) is 8.59. The van der Waals surface area contributed by atoms with Gasteiger partial charge in [0.2, 0.25) is 0 Å². The number of carbonyl (C=O) groups excluding carboxylic acids is 1. The average Bonchev–Trinajstić information content (AvgIpc) is 2.79. The predicted molar refractivity (Wildman–Crippen MR) is 122 cm³/mol. The van der Waals surface area contributed by atoms with E-state index in [0.29, 0.717) is 39.5 Å². The van der Waals surface area contributed by atoms with Gasteiger partial charge in [-0.1, -0.05) is 23.8 Å². The molecule has 0 bridgehead atoms. The first-order valence-corrected chi connectivity index (χ1v) is 10.00. The minimum atomic E-state index is -0.496. The van der Waals surface area contributed by atoms with E-state index in [-0.39, 0.29) is 0 Å². The van der Waals surface area contributed by atoms with Crippen LogP contribution in [0.25, 0.3) is 22.1 Å². The fourth-order valence-corrected chi connectivity index (χ4v) is 3.58. The molecule has 0 saturated heterocycles. The van der Waals surface area contributed by atoms with Crippen LogP contribution >= 0.6 is 0 Å². The van der Waals surface area contributed by atoms with Gasteiger partial charge in [-0.15, -0.1) is 0 Å². The first-order chi connectivity index (χ1) is 15.4. The van der Waals surface area contributed by atoms with Gasteiger partial charge in [-0.05, 0) is 61.4 Å². The molecule has 0 radical (unpaired) electrons. The Hall–Kier alpha value is -4.06. The standard InChI is InChI=1S/C26H22O6/c1-15-5-7-17(8-6-15)25(27)31-19-10-11-20-16(2)24(26(28)32-22(20)14-19)18-9-12-21(29-3)23(13-18)30-4/h5-14H,1-4H3. The first kappa shape index (κ1) is 21.2. The monoisotopic (exact) mass is 430 g/mol. The molecule has 3 aromatic carbocycles. The van der Waals surface area contributed by atoms with Crippen molar-refractivity contribution in [2.24, 2.45) is 0 Å². The third-order valence-corrected chi connectivity index (χ3v) is 5.31. The van der Waals surface area contributed by atoms with Crippen LogP contribution in [0.3, 0.4) is 0 Å². The summed E-state index contributed by atoms with van der Waals surface area (Å²) in [4.78, 5) is 25.3. The van der Waals surface area contributed by atoms with E-state index in [4.69, 9.17) is 18.6 Å². The van der Waals surface area contributed by atoms with Crippen LogP contribution in [0.2, 0.25) is 0 Å². The summed E-state index contributed by atoms with van der Waals surface area (Å²) in [6, 6.07) is 17.4. The van der Waals surface area contributed by atoms with Crippen molar-refractivity contribution in [2.45, 2.75) is 13.8 Å². The molecule has 0 aliphatic carbocycles. The molecule has 6 heteroatoms. The second-order valence-corrected chi connectivity index (χ2v) is 7.37. The molecule has 6 nitrogen and oxygen atoms in total. The van der Waals surface area contributed by atoms with Gasteiger partial charge in [0, 0.05) is 11.5 Å². The summed E-state index contributed by atoms with van der Waals surface area (Å²) in [5, 5.41) is 0.740. The lowest BCUT2D eigenvalue weighted by Crippen LogP contribution is -2.09. The van der Waals surface area contributed by atoms with Gasteiger partial charge in [0.1, 0.15) is 11.3 Å². The van der Waals surface area contributed by atoms with Crippen LogP contribution < -0.4 is 19.8 Å². The zero-order valence-corrected chi connectivity index (χ0v) is 18.2. The summed E-state index contributed by atoms with van der Waals surface area (Å²) < 4.78 is 21.7. The Morgan fingerprint density at radius 2 is 1.56 bits per heavy atom. The maximum absolute atomic E-state index is 12.8. The third-order valence-electron chi connectivity index (χ3n) is 5.31. The SMILES string of the molecule is COc1ccc(-c2c(C)c3ccc(OC(=O)c4ccc(C)cc4)cc3oc2=O)cc1OC. The van der Waals surface area contributed by atoms with Gasteiger partial charge in [-0.3, -0.25) is 0 Å². The van der Waals surface area contributed by atoms with E-state index in [0.717, 1.165) is 16.5 Å². The first-order valence-electron chi connectivity index (χ1n) is 10.00. The zero-order valence-electron chi connectivity index (χ0n) is 18.2. The van der Waals surface area contributed by atoms with Gasteiger partial charge >= 0.3 is 11.6 Å². The number of ether oxygens (including phenoxy) is 3. The van der Waals surface area contributed by atoms with E-state index in [9.17, 15) is 9.59 Å². The van der Waals surface area contributed by atoms with Gasteiger partial charge in [0.15, 0.2) is 11.5 Å². The number of aryl methyl sites for hydroxylation is 2. The number of benzene rings is 3. The van der Waals surface area contributed by atoms with Crippen LogP contribution in [0, 0.1) is 13.8 Å². The lowest BCUT2D eigenvalue weighted by Gasteiger charge is -2.12. The van der Waals surface area contributed by atoms with Crippen LogP contribution in [0.4, 0.5) is 0 Å². The molecule has 0 saturated carbocycles. The third kappa shape index (κ3) is 3.95. The number of carbonyl (C=O) groups is 1. The van der Waals surface area contributed by atoms with Crippen molar-refractivity contribution in [3.8, 4) is 28.4 Å². The smallest absolute Gasteiger partial charge is 0.344 e. The topological polar surface area (TPSA) is 75.0 Å². The van der Waals surface area contributed by atoms with Crippen LogP contribution in [-0.4, -0.2) is 20.2 Å². The molecule has 4 rings (SSSR count). The highest BCUT2D eigenvalue weighted by molar-refractivity contribution is 5.92. The van der Waals surface area contributed by atoms with Crippen LogP contribution in [-0.2, 0) is 0 Å². The molecule has 0 fully saturated rings. The number of esters is 1. The molecule has 32 heavy (non-hydrogen) atoms. The molecule has 0 unspecified atom stereocenters. The van der Waals surface area contributed by atoms with Crippen molar-refractivity contribution >= 4 is 16.9 Å². The predicted octanol–water partition coefficient (Wildman–Crippen LogP) is 5.31. The van der Waals surface area contributed by atoms with E-state index in [1.807, 2.05) is 26.0 Å². The zero-order chi connectivity index (χ0) is 22.8. The molecule has 1 aromatic heterocycles. The summed E-state index contributed by atoms with van der Waals surface area (Å²) in [5.41, 5.74) is 3.18. The fraction of sp³-hybridized carbons (Fsp3) is 0.154. The van der Waals surface area contributed by atoms with E-state index in [1.54, 1.807) is 55.6 Å². The molecule has 1 heterocycles. The number of hydrogen-bond acceptors (Lipinski definition) is 6. The second-order valence-electron chi connectivity index (χ2n) is 7.37. The maximum Gasteiger partial charge on any atom is 0.344 e. The van der Waals surface area contributed by atoms with Crippen molar-refractivity contribution in [2.75, 3.05) is 14.2 Å². The van der Waals surface area contributed by atoms with Crippen molar-refractivity contribution in [3.05, 3.63) is 87.8 Å². The molecule has 0 N–H and O–H groups in total. The highest BCUT2D eigenvalue weighted by Gasteiger charge is 2.17. The Morgan fingerprint density at radius 3 is 2.25 bits per heavy atom. The Morgan fingerprint density at radius 1 is 0.844 bits per heavy atom. The van der Waals surface area contributed by atoms with Gasteiger partial charge in [0.05, 0.1) is 25.3 Å². The molecule has 0 atom stereocenters. The molecular weight excluding hydrogens is 408 g/mol. The summed E-state index contributed by atoms with van der Waals surface area (Å²) in [7, 11) is 3.09. The lowest BCUT2D eigenvalue weighted by molar-refractivity contribution is 0.0735. The van der Waals surface area contributed by atoms with Gasteiger partial charge < -0.3 is 18.6 Å². The lowest BCUT2D eigenvalue weighted by atomic mass is 9.99. The molecule has 0 spiro atoms. The summed E-state index contributed by atoms with van der Waals surface area (Å²) in [5.74, 6) is 0.899. The normalized spacial score (nSPS) is 10.8. The van der Waals surface area contributed by atoms with E-state index in [2.05, 4.69) is 0 Å². The van der Waals surface area contributed by atoms with E-state index in [1.165, 1.54) is 7.11 Å². The average molecular weight is 430 g/mol. The largest absolute Gasteiger partial charge is 0.493 e. The molecule has 0 aliphatic rings. The Labute approximate surface area is 185 Å². The maximum atomic E-state index is 12.8. The summed E-state index contributed by atoms with van der Waals surface area (Å²) >= 11 is 0. The number of fused-ring (bicyclic) bond motifs is 1. The molecule has 162 valence electrons. The fourth-order valence-electron chi connectivity index (χ4n) is 3.58. The van der Waals surface area contributed by atoms with Crippen LogP contribution in [0.5, 0.6) is 17.2 Å². The minimum Gasteiger partial charge on any atom is -0.493 e. The quantitative estimate of drug-likeness (QED) is 0.243. The van der Waals surface area contributed by atoms with E-state index < -0.39 is 11.6 Å². The molecular formula is C26H22O6. The number of methoxy groups -OCH3 is 2. The van der Waals surface area contributed by atoms with Crippen LogP contribution in [0.1, 0.15) is 21.5 Å². The molecule has 4 aromatic rings. The Balaban J connectivity index is 1.71. The van der Waals surface area contributed by atoms with Crippen molar-refractivity contribution in [1.82, 2.24) is 0 Å². The molecule has 0 amide bonds. The number of hydrogen-bond donors (Lipinski definition) is 0. The van der Waals surface area contributed by atoms with Crippen molar-refractivity contribution in [1.29, 1.82) is 0 Å². The summed E-state index contributed by atoms with van der Waals surface area (Å²) in [6.45, 7) is 3.79.